The van der Waals surface area contributed by atoms with Crippen molar-refractivity contribution in [2.24, 2.45) is 0 Å². The van der Waals surface area contributed by atoms with Crippen molar-refractivity contribution in [3.63, 3.8) is 0 Å². The molecular weight excluding hydrogens is 605 g/mol. The molecule has 9 aromatic rings. The summed E-state index contributed by atoms with van der Waals surface area (Å²) < 4.78 is 2.37. The van der Waals surface area contributed by atoms with E-state index in [-0.39, 0.29) is 0 Å². The van der Waals surface area contributed by atoms with Gasteiger partial charge in [0.15, 0.2) is 0 Å². The molecule has 50 heavy (non-hydrogen) atoms. The summed E-state index contributed by atoms with van der Waals surface area (Å²) in [6, 6.07) is 74.1. The van der Waals surface area contributed by atoms with Crippen LogP contribution in [0.25, 0.3) is 60.9 Å². The first-order chi connectivity index (χ1) is 24.8. The van der Waals surface area contributed by atoms with Gasteiger partial charge < -0.3 is 9.47 Å². The van der Waals surface area contributed by atoms with Crippen LogP contribution in [0.4, 0.5) is 17.1 Å². The summed E-state index contributed by atoms with van der Waals surface area (Å²) in [5.41, 5.74) is 14.0. The molecule has 0 aliphatic carbocycles. The molecule has 9 rings (SSSR count). The van der Waals surface area contributed by atoms with Crippen LogP contribution in [0.3, 0.4) is 0 Å². The van der Waals surface area contributed by atoms with Gasteiger partial charge in [0.05, 0.1) is 11.0 Å². The zero-order chi connectivity index (χ0) is 33.3. The van der Waals surface area contributed by atoms with Crippen LogP contribution in [0.2, 0.25) is 0 Å². The first-order valence-electron chi connectivity index (χ1n) is 17.1. The van der Waals surface area contributed by atoms with Crippen molar-refractivity contribution in [3.05, 3.63) is 206 Å². The highest BCUT2D eigenvalue weighted by Crippen LogP contribution is 2.43. The summed E-state index contributed by atoms with van der Waals surface area (Å²) >= 11 is 0. The van der Waals surface area contributed by atoms with E-state index in [9.17, 15) is 0 Å². The monoisotopic (exact) mass is 638 g/mol. The van der Waals surface area contributed by atoms with E-state index in [1.54, 1.807) is 0 Å². The molecule has 0 amide bonds. The number of fused-ring (bicyclic) bond motifs is 3. The number of hydrogen-bond donors (Lipinski definition) is 0. The Bertz CT molecular complexity index is 2550. The maximum Gasteiger partial charge on any atom is 0.0542 e. The Morgan fingerprint density at radius 1 is 0.300 bits per heavy atom. The van der Waals surface area contributed by atoms with Gasteiger partial charge in [0, 0.05) is 33.5 Å². The molecule has 0 atom stereocenters. The molecule has 0 unspecified atom stereocenters. The molecule has 2 heteroatoms. The van der Waals surface area contributed by atoms with Gasteiger partial charge in [0.25, 0.3) is 0 Å². The third-order valence-electron chi connectivity index (χ3n) is 9.59. The molecule has 1 aromatic heterocycles. The number of hydrogen-bond acceptors (Lipinski definition) is 1. The third-order valence-corrected chi connectivity index (χ3v) is 9.59. The number of para-hydroxylation sites is 2. The fraction of sp³-hybridized carbons (Fsp3) is 0. The Balaban J connectivity index is 1.26. The van der Waals surface area contributed by atoms with E-state index in [1.807, 2.05) is 0 Å². The highest BCUT2D eigenvalue weighted by Gasteiger charge is 2.19. The average Bonchev–Trinajstić information content (AvgIpc) is 3.53. The van der Waals surface area contributed by atoms with E-state index >= 15 is 0 Å². The topological polar surface area (TPSA) is 8.17 Å². The first-order valence-corrected chi connectivity index (χ1v) is 17.1. The van der Waals surface area contributed by atoms with Gasteiger partial charge in [-0.25, -0.2) is 0 Å². The normalized spacial score (nSPS) is 11.2. The van der Waals surface area contributed by atoms with E-state index in [0.29, 0.717) is 0 Å². The summed E-state index contributed by atoms with van der Waals surface area (Å²) in [4.78, 5) is 2.39. The van der Waals surface area contributed by atoms with Crippen molar-refractivity contribution in [2.75, 3.05) is 4.90 Å². The second-order valence-corrected chi connectivity index (χ2v) is 12.6. The Labute approximate surface area is 292 Å². The van der Waals surface area contributed by atoms with Crippen LogP contribution in [0.1, 0.15) is 0 Å². The molecule has 0 aliphatic heterocycles. The molecule has 0 fully saturated rings. The number of aromatic nitrogens is 1. The van der Waals surface area contributed by atoms with Crippen LogP contribution in [-0.2, 0) is 0 Å². The lowest BCUT2D eigenvalue weighted by Crippen LogP contribution is -2.10. The SMILES string of the molecule is c1ccc(-c2ccc(N(c3ccc(-c4ccccc4)c(-c4ccccc4)c3)c3ccc4c(c3)c3ccccc3n4-c3ccccc3)cc2)cc1. The maximum atomic E-state index is 2.39. The smallest absolute Gasteiger partial charge is 0.0542 e. The Kier molecular flexibility index (Phi) is 7.53. The van der Waals surface area contributed by atoms with Crippen LogP contribution < -0.4 is 4.90 Å². The fourth-order valence-electron chi connectivity index (χ4n) is 7.23. The maximum absolute atomic E-state index is 2.39. The second-order valence-electron chi connectivity index (χ2n) is 12.6. The van der Waals surface area contributed by atoms with Gasteiger partial charge in [0.1, 0.15) is 0 Å². The lowest BCUT2D eigenvalue weighted by atomic mass is 9.93. The Hall–Kier alpha value is -6.64. The summed E-state index contributed by atoms with van der Waals surface area (Å²) in [5, 5.41) is 2.45. The number of rotatable bonds is 7. The van der Waals surface area contributed by atoms with Gasteiger partial charge in [-0.1, -0.05) is 146 Å². The fourth-order valence-corrected chi connectivity index (χ4v) is 7.23. The van der Waals surface area contributed by atoms with Crippen molar-refractivity contribution < 1.29 is 0 Å². The van der Waals surface area contributed by atoms with Crippen molar-refractivity contribution in [3.8, 4) is 39.1 Å². The molecule has 0 N–H and O–H groups in total. The first kappa shape index (κ1) is 29.5. The van der Waals surface area contributed by atoms with E-state index in [0.717, 1.165) is 22.7 Å². The van der Waals surface area contributed by atoms with Gasteiger partial charge >= 0.3 is 0 Å². The van der Waals surface area contributed by atoms with Gasteiger partial charge in [-0.05, 0) is 94.0 Å². The minimum atomic E-state index is 1.10. The van der Waals surface area contributed by atoms with Crippen LogP contribution in [0.15, 0.2) is 206 Å². The lowest BCUT2D eigenvalue weighted by Gasteiger charge is -2.27. The van der Waals surface area contributed by atoms with Crippen LogP contribution >= 0.6 is 0 Å². The average molecular weight is 639 g/mol. The zero-order valence-electron chi connectivity index (χ0n) is 27.5. The summed E-state index contributed by atoms with van der Waals surface area (Å²) in [6.45, 7) is 0. The predicted molar refractivity (Wildman–Crippen MR) is 212 cm³/mol. The molecule has 1 heterocycles. The van der Waals surface area contributed by atoms with E-state index in [1.165, 1.54) is 55.2 Å². The van der Waals surface area contributed by atoms with Crippen molar-refractivity contribution in [1.29, 1.82) is 0 Å². The quantitative estimate of drug-likeness (QED) is 0.169. The largest absolute Gasteiger partial charge is 0.310 e. The molecule has 2 nitrogen and oxygen atoms in total. The number of anilines is 3. The molecule has 0 saturated heterocycles. The summed E-state index contributed by atoms with van der Waals surface area (Å²) in [7, 11) is 0. The highest BCUT2D eigenvalue weighted by molar-refractivity contribution is 6.10. The van der Waals surface area contributed by atoms with Gasteiger partial charge in [-0.3, -0.25) is 0 Å². The van der Waals surface area contributed by atoms with Crippen molar-refractivity contribution >= 4 is 38.9 Å². The van der Waals surface area contributed by atoms with Gasteiger partial charge in [0.2, 0.25) is 0 Å². The van der Waals surface area contributed by atoms with Gasteiger partial charge in [-0.15, -0.1) is 0 Å². The molecule has 0 spiro atoms. The van der Waals surface area contributed by atoms with Crippen LogP contribution in [-0.4, -0.2) is 4.57 Å². The molecule has 8 aromatic carbocycles. The molecule has 0 aliphatic rings. The molecule has 0 radical (unpaired) electrons. The number of benzene rings is 8. The summed E-state index contributed by atoms with van der Waals surface area (Å²) in [6.07, 6.45) is 0. The molecule has 0 bridgehead atoms. The van der Waals surface area contributed by atoms with E-state index in [2.05, 4.69) is 216 Å². The van der Waals surface area contributed by atoms with Crippen molar-refractivity contribution in [1.82, 2.24) is 4.57 Å². The zero-order valence-corrected chi connectivity index (χ0v) is 27.5. The lowest BCUT2D eigenvalue weighted by molar-refractivity contribution is 1.18. The van der Waals surface area contributed by atoms with Crippen molar-refractivity contribution in [2.45, 2.75) is 0 Å². The molecule has 236 valence electrons. The van der Waals surface area contributed by atoms with Crippen LogP contribution in [0, 0.1) is 0 Å². The second kappa shape index (κ2) is 12.8. The Morgan fingerprint density at radius 3 is 1.46 bits per heavy atom. The van der Waals surface area contributed by atoms with Crippen LogP contribution in [0.5, 0.6) is 0 Å². The van der Waals surface area contributed by atoms with Gasteiger partial charge in [-0.2, -0.15) is 0 Å². The minimum Gasteiger partial charge on any atom is -0.310 e. The number of nitrogens with zero attached hydrogens (tertiary/aromatic N) is 2. The molecule has 0 saturated carbocycles. The minimum absolute atomic E-state index is 1.10. The third kappa shape index (κ3) is 5.34. The van der Waals surface area contributed by atoms with E-state index < -0.39 is 0 Å². The summed E-state index contributed by atoms with van der Waals surface area (Å²) in [5.74, 6) is 0. The Morgan fingerprint density at radius 2 is 0.780 bits per heavy atom. The molecular formula is C48H34N2. The highest BCUT2D eigenvalue weighted by atomic mass is 15.1. The van der Waals surface area contributed by atoms with E-state index in [4.69, 9.17) is 0 Å². The standard InChI is InChI=1S/C48H34N2/c1-5-15-35(16-6-1)36-25-27-40(28-26-36)49(41-29-31-43(37-17-7-2-8-18-37)45(33-41)38-19-9-3-10-20-38)42-30-32-48-46(34-42)44-23-13-14-24-47(44)50(48)39-21-11-4-12-22-39/h1-34H. The predicted octanol–water partition coefficient (Wildman–Crippen LogP) is 13.3.